The first-order chi connectivity index (χ1) is 15.0. The molecular formula is C28H30N2O. The normalized spacial score (nSPS) is 11.3. The molecule has 2 heterocycles. The van der Waals surface area contributed by atoms with Crippen LogP contribution in [0.15, 0.2) is 66.9 Å². The molecule has 2 aromatic carbocycles. The van der Waals surface area contributed by atoms with E-state index in [-0.39, 0.29) is 0 Å². The molecule has 4 aromatic rings. The highest BCUT2D eigenvalue weighted by molar-refractivity contribution is 5.85. The smallest absolute Gasteiger partial charge is 0.119 e. The van der Waals surface area contributed by atoms with Crippen molar-refractivity contribution in [3.05, 3.63) is 78.0 Å². The van der Waals surface area contributed by atoms with Crippen LogP contribution >= 0.6 is 0 Å². The summed E-state index contributed by atoms with van der Waals surface area (Å²) in [6.07, 6.45) is 3.96. The first-order valence-electron chi connectivity index (χ1n) is 11.1. The van der Waals surface area contributed by atoms with Crippen LogP contribution in [-0.2, 0) is 6.42 Å². The Morgan fingerprint density at radius 3 is 2.32 bits per heavy atom. The summed E-state index contributed by atoms with van der Waals surface area (Å²) in [5, 5.41) is 1.23. The Hall–Kier alpha value is -3.20. The maximum absolute atomic E-state index is 5.83. The van der Waals surface area contributed by atoms with E-state index < -0.39 is 0 Å². The van der Waals surface area contributed by atoms with Crippen molar-refractivity contribution in [2.75, 3.05) is 6.61 Å². The van der Waals surface area contributed by atoms with Gasteiger partial charge in [0, 0.05) is 17.1 Å². The molecule has 0 aliphatic rings. The summed E-state index contributed by atoms with van der Waals surface area (Å²) in [5.74, 6) is 1.56. The molecule has 0 unspecified atom stereocenters. The molecule has 0 aliphatic heterocycles. The zero-order valence-electron chi connectivity index (χ0n) is 18.9. The van der Waals surface area contributed by atoms with Gasteiger partial charge in [-0.25, -0.2) is 4.98 Å². The van der Waals surface area contributed by atoms with E-state index in [9.17, 15) is 0 Å². The predicted octanol–water partition coefficient (Wildman–Crippen LogP) is 7.26. The second-order valence-electron chi connectivity index (χ2n) is 8.53. The van der Waals surface area contributed by atoms with E-state index in [0.29, 0.717) is 5.92 Å². The lowest BCUT2D eigenvalue weighted by Crippen LogP contribution is -2.01. The lowest BCUT2D eigenvalue weighted by Gasteiger charge is -2.10. The number of benzene rings is 2. The summed E-state index contributed by atoms with van der Waals surface area (Å²) in [7, 11) is 0. The Morgan fingerprint density at radius 2 is 1.65 bits per heavy atom. The minimum atomic E-state index is 0.651. The van der Waals surface area contributed by atoms with Crippen LogP contribution in [0.25, 0.3) is 33.4 Å². The molecule has 0 spiro atoms. The minimum Gasteiger partial charge on any atom is -0.494 e. The fourth-order valence-electron chi connectivity index (χ4n) is 3.71. The molecule has 0 fully saturated rings. The monoisotopic (exact) mass is 410 g/mol. The van der Waals surface area contributed by atoms with Crippen LogP contribution in [0.4, 0.5) is 0 Å². The van der Waals surface area contributed by atoms with Gasteiger partial charge >= 0.3 is 0 Å². The van der Waals surface area contributed by atoms with Crippen molar-refractivity contribution in [1.29, 1.82) is 0 Å². The molecular weight excluding hydrogens is 380 g/mol. The summed E-state index contributed by atoms with van der Waals surface area (Å²) >= 11 is 0. The predicted molar refractivity (Wildman–Crippen MR) is 129 cm³/mol. The van der Waals surface area contributed by atoms with E-state index in [1.165, 1.54) is 16.5 Å². The van der Waals surface area contributed by atoms with Crippen molar-refractivity contribution in [3.63, 3.8) is 0 Å². The van der Waals surface area contributed by atoms with Crippen LogP contribution in [0.3, 0.4) is 0 Å². The number of hydrogen-bond donors (Lipinski definition) is 0. The van der Waals surface area contributed by atoms with Gasteiger partial charge in [0.25, 0.3) is 0 Å². The van der Waals surface area contributed by atoms with E-state index in [1.54, 1.807) is 0 Å². The van der Waals surface area contributed by atoms with Crippen molar-refractivity contribution in [2.24, 2.45) is 5.92 Å². The quantitative estimate of drug-likeness (QED) is 0.321. The average molecular weight is 411 g/mol. The highest BCUT2D eigenvalue weighted by Gasteiger charge is 2.09. The SMILES string of the molecule is CCc1cc(-c2ccc(-c3ccc(OCCC(C)C)cc3)cn2)nc2ccc(C)cc12. The van der Waals surface area contributed by atoms with Crippen LogP contribution < -0.4 is 4.74 Å². The molecule has 2 aromatic heterocycles. The molecule has 3 heteroatoms. The third-order valence-electron chi connectivity index (χ3n) is 5.61. The van der Waals surface area contributed by atoms with Crippen LogP contribution in [0.2, 0.25) is 0 Å². The van der Waals surface area contributed by atoms with Crippen molar-refractivity contribution in [3.8, 4) is 28.3 Å². The van der Waals surface area contributed by atoms with Crippen molar-refractivity contribution in [1.82, 2.24) is 9.97 Å². The molecule has 0 bridgehead atoms. The van der Waals surface area contributed by atoms with Gasteiger partial charge in [0.05, 0.1) is 23.5 Å². The number of nitrogens with zero attached hydrogens (tertiary/aromatic N) is 2. The number of rotatable bonds is 7. The number of aryl methyl sites for hydroxylation is 2. The van der Waals surface area contributed by atoms with E-state index in [4.69, 9.17) is 14.7 Å². The first-order valence-corrected chi connectivity index (χ1v) is 11.1. The number of fused-ring (bicyclic) bond motifs is 1. The summed E-state index contributed by atoms with van der Waals surface area (Å²) in [5.41, 5.74) is 7.64. The van der Waals surface area contributed by atoms with Crippen LogP contribution in [0, 0.1) is 12.8 Å². The second kappa shape index (κ2) is 9.30. The maximum atomic E-state index is 5.83. The van der Waals surface area contributed by atoms with Crippen LogP contribution in [0.1, 0.15) is 38.3 Å². The third-order valence-corrected chi connectivity index (χ3v) is 5.61. The van der Waals surface area contributed by atoms with Crippen molar-refractivity contribution in [2.45, 2.75) is 40.5 Å². The van der Waals surface area contributed by atoms with Gasteiger partial charge < -0.3 is 4.74 Å². The number of hydrogen-bond acceptors (Lipinski definition) is 3. The van der Waals surface area contributed by atoms with Gasteiger partial charge in [0.2, 0.25) is 0 Å². The van der Waals surface area contributed by atoms with Gasteiger partial charge in [-0.05, 0) is 73.2 Å². The fourth-order valence-corrected chi connectivity index (χ4v) is 3.71. The summed E-state index contributed by atoms with van der Waals surface area (Å²) < 4.78 is 5.83. The van der Waals surface area contributed by atoms with E-state index in [0.717, 1.165) is 53.2 Å². The number of aromatic nitrogens is 2. The molecule has 0 N–H and O–H groups in total. The Morgan fingerprint density at radius 1 is 0.871 bits per heavy atom. The Labute approximate surface area is 185 Å². The van der Waals surface area contributed by atoms with Gasteiger partial charge in [-0.1, -0.05) is 50.6 Å². The summed E-state index contributed by atoms with van der Waals surface area (Å²) in [4.78, 5) is 9.59. The Bertz CT molecular complexity index is 1160. The molecule has 3 nitrogen and oxygen atoms in total. The van der Waals surface area contributed by atoms with Gasteiger partial charge in [-0.15, -0.1) is 0 Å². The van der Waals surface area contributed by atoms with Gasteiger partial charge in [-0.3, -0.25) is 4.98 Å². The zero-order valence-corrected chi connectivity index (χ0v) is 18.9. The maximum Gasteiger partial charge on any atom is 0.119 e. The van der Waals surface area contributed by atoms with Gasteiger partial charge in [0.15, 0.2) is 0 Å². The first kappa shape index (κ1) is 21.0. The lowest BCUT2D eigenvalue weighted by atomic mass is 10.0. The molecule has 158 valence electrons. The van der Waals surface area contributed by atoms with Crippen molar-refractivity contribution >= 4 is 10.9 Å². The Kier molecular flexibility index (Phi) is 6.31. The minimum absolute atomic E-state index is 0.651. The molecule has 0 atom stereocenters. The largest absolute Gasteiger partial charge is 0.494 e. The van der Waals surface area contributed by atoms with Gasteiger partial charge in [-0.2, -0.15) is 0 Å². The highest BCUT2D eigenvalue weighted by Crippen LogP contribution is 2.27. The van der Waals surface area contributed by atoms with Gasteiger partial charge in [0.1, 0.15) is 5.75 Å². The molecule has 31 heavy (non-hydrogen) atoms. The molecule has 0 saturated carbocycles. The number of pyridine rings is 2. The van der Waals surface area contributed by atoms with E-state index in [1.807, 2.05) is 18.3 Å². The zero-order chi connectivity index (χ0) is 21.8. The van der Waals surface area contributed by atoms with E-state index in [2.05, 4.69) is 76.2 Å². The average Bonchev–Trinajstić information content (AvgIpc) is 2.79. The fraction of sp³-hybridized carbons (Fsp3) is 0.286. The molecule has 0 saturated heterocycles. The summed E-state index contributed by atoms with van der Waals surface area (Å²) in [6.45, 7) is 9.48. The van der Waals surface area contributed by atoms with Crippen LogP contribution in [-0.4, -0.2) is 16.6 Å². The van der Waals surface area contributed by atoms with Crippen LogP contribution in [0.5, 0.6) is 5.75 Å². The topological polar surface area (TPSA) is 35.0 Å². The molecule has 0 amide bonds. The van der Waals surface area contributed by atoms with Crippen molar-refractivity contribution < 1.29 is 4.74 Å². The highest BCUT2D eigenvalue weighted by atomic mass is 16.5. The third kappa shape index (κ3) is 4.93. The lowest BCUT2D eigenvalue weighted by molar-refractivity contribution is 0.289. The second-order valence-corrected chi connectivity index (χ2v) is 8.53. The molecule has 0 aliphatic carbocycles. The summed E-state index contributed by atoms with van der Waals surface area (Å²) in [6, 6.07) is 21.0. The Balaban J connectivity index is 1.55. The molecule has 4 rings (SSSR count). The standard InChI is InChI=1S/C28H30N2O/c1-5-21-17-28(30-26-12-6-20(4)16-25(21)26)27-13-9-23(18-29-27)22-7-10-24(11-8-22)31-15-14-19(2)3/h6-13,16-19H,5,14-15H2,1-4H3. The number of ether oxygens (including phenoxy) is 1. The van der Waals surface area contributed by atoms with E-state index >= 15 is 0 Å². The molecule has 0 radical (unpaired) electrons.